The molecule has 0 aliphatic rings. The SMILES string of the molecule is Cc1cc(C=NNC(=O)c2cc3ccccc3o2)c(C)o1. The summed E-state index contributed by atoms with van der Waals surface area (Å²) in [7, 11) is 0. The van der Waals surface area contributed by atoms with Crippen molar-refractivity contribution in [3.63, 3.8) is 0 Å². The first-order valence-corrected chi connectivity index (χ1v) is 6.52. The van der Waals surface area contributed by atoms with Crippen molar-refractivity contribution in [1.82, 2.24) is 5.43 Å². The smallest absolute Gasteiger partial charge is 0.307 e. The number of carbonyl (C=O) groups excluding carboxylic acids is 1. The highest BCUT2D eigenvalue weighted by atomic mass is 16.3. The summed E-state index contributed by atoms with van der Waals surface area (Å²) in [5.74, 6) is 1.40. The number of benzene rings is 1. The Bertz CT molecular complexity index is 794. The molecule has 5 nitrogen and oxygen atoms in total. The van der Waals surface area contributed by atoms with Gasteiger partial charge >= 0.3 is 5.91 Å². The van der Waals surface area contributed by atoms with E-state index in [1.54, 1.807) is 12.3 Å². The van der Waals surface area contributed by atoms with E-state index in [2.05, 4.69) is 10.5 Å². The third-order valence-corrected chi connectivity index (χ3v) is 3.10. The molecule has 1 amide bonds. The van der Waals surface area contributed by atoms with E-state index in [1.165, 1.54) is 0 Å². The number of nitrogens with one attached hydrogen (secondary N) is 1. The Kier molecular flexibility index (Phi) is 3.31. The van der Waals surface area contributed by atoms with Crippen molar-refractivity contribution in [2.24, 2.45) is 5.10 Å². The normalized spacial score (nSPS) is 11.3. The van der Waals surface area contributed by atoms with E-state index in [-0.39, 0.29) is 11.7 Å². The minimum absolute atomic E-state index is 0.230. The van der Waals surface area contributed by atoms with Gasteiger partial charge in [0.2, 0.25) is 0 Å². The highest BCUT2D eigenvalue weighted by Crippen LogP contribution is 2.18. The van der Waals surface area contributed by atoms with Crippen LogP contribution in [0.2, 0.25) is 0 Å². The Hall–Kier alpha value is -2.82. The second-order valence-electron chi connectivity index (χ2n) is 4.72. The van der Waals surface area contributed by atoms with E-state index in [0.29, 0.717) is 5.58 Å². The summed E-state index contributed by atoms with van der Waals surface area (Å²) >= 11 is 0. The van der Waals surface area contributed by atoms with E-state index in [0.717, 1.165) is 22.5 Å². The molecule has 106 valence electrons. The average molecular weight is 282 g/mol. The van der Waals surface area contributed by atoms with E-state index in [4.69, 9.17) is 8.83 Å². The van der Waals surface area contributed by atoms with Gasteiger partial charge in [-0.15, -0.1) is 0 Å². The summed E-state index contributed by atoms with van der Waals surface area (Å²) in [5, 5.41) is 4.80. The van der Waals surface area contributed by atoms with Crippen LogP contribution in [0.1, 0.15) is 27.6 Å². The van der Waals surface area contributed by atoms with Gasteiger partial charge in [0.1, 0.15) is 17.1 Å². The first-order valence-electron chi connectivity index (χ1n) is 6.52. The van der Waals surface area contributed by atoms with Crippen LogP contribution in [0.3, 0.4) is 0 Å². The van der Waals surface area contributed by atoms with E-state index >= 15 is 0 Å². The lowest BCUT2D eigenvalue weighted by Gasteiger charge is -1.94. The molecule has 0 spiro atoms. The average Bonchev–Trinajstić information content (AvgIpc) is 3.02. The van der Waals surface area contributed by atoms with Gasteiger partial charge in [-0.05, 0) is 32.0 Å². The number of hydrazone groups is 1. The summed E-state index contributed by atoms with van der Waals surface area (Å²) in [6.07, 6.45) is 1.55. The molecule has 1 N–H and O–H groups in total. The largest absolute Gasteiger partial charge is 0.466 e. The van der Waals surface area contributed by atoms with Crippen LogP contribution < -0.4 is 5.43 Å². The zero-order chi connectivity index (χ0) is 14.8. The number of nitrogens with zero attached hydrogens (tertiary/aromatic N) is 1. The lowest BCUT2D eigenvalue weighted by Crippen LogP contribution is -2.16. The predicted molar refractivity (Wildman–Crippen MR) is 79.5 cm³/mol. The van der Waals surface area contributed by atoms with Gasteiger partial charge in [0, 0.05) is 10.9 Å². The second kappa shape index (κ2) is 5.28. The van der Waals surface area contributed by atoms with Crippen molar-refractivity contribution in [1.29, 1.82) is 0 Å². The number of amides is 1. The molecule has 0 unspecified atom stereocenters. The van der Waals surface area contributed by atoms with Gasteiger partial charge in [0.15, 0.2) is 5.76 Å². The molecule has 3 aromatic rings. The van der Waals surface area contributed by atoms with Crippen LogP contribution in [0.4, 0.5) is 0 Å². The number of aryl methyl sites for hydroxylation is 2. The van der Waals surface area contributed by atoms with E-state index in [9.17, 15) is 4.79 Å². The summed E-state index contributed by atoms with van der Waals surface area (Å²) in [4.78, 5) is 12.0. The molecule has 1 aromatic carbocycles. The molecule has 0 saturated heterocycles. The molecular formula is C16H14N2O3. The lowest BCUT2D eigenvalue weighted by atomic mass is 10.2. The van der Waals surface area contributed by atoms with E-state index in [1.807, 2.05) is 44.2 Å². The van der Waals surface area contributed by atoms with Crippen LogP contribution in [0, 0.1) is 13.8 Å². The predicted octanol–water partition coefficient (Wildman–Crippen LogP) is 3.41. The number of carbonyl (C=O) groups is 1. The molecule has 2 aromatic heterocycles. The molecule has 0 aliphatic carbocycles. The molecule has 3 rings (SSSR count). The number of furan rings is 2. The molecule has 0 radical (unpaired) electrons. The van der Waals surface area contributed by atoms with Gasteiger partial charge in [-0.3, -0.25) is 4.79 Å². The highest BCUT2D eigenvalue weighted by molar-refractivity contribution is 5.96. The van der Waals surface area contributed by atoms with Crippen LogP contribution in [0.5, 0.6) is 0 Å². The van der Waals surface area contributed by atoms with Gasteiger partial charge in [-0.25, -0.2) is 5.43 Å². The number of para-hydroxylation sites is 1. The molecule has 0 atom stereocenters. The zero-order valence-electron chi connectivity index (χ0n) is 11.7. The Morgan fingerprint density at radius 2 is 2.00 bits per heavy atom. The molecule has 2 heterocycles. The maximum absolute atomic E-state index is 12.0. The van der Waals surface area contributed by atoms with E-state index < -0.39 is 0 Å². The Balaban J connectivity index is 1.73. The number of hydrogen-bond donors (Lipinski definition) is 1. The molecule has 0 aliphatic heterocycles. The molecule has 0 fully saturated rings. The zero-order valence-corrected chi connectivity index (χ0v) is 11.7. The molecule has 5 heteroatoms. The van der Waals surface area contributed by atoms with Crippen LogP contribution in [-0.2, 0) is 0 Å². The van der Waals surface area contributed by atoms with Crippen molar-refractivity contribution in [2.75, 3.05) is 0 Å². The summed E-state index contributed by atoms with van der Waals surface area (Å²) in [6, 6.07) is 11.0. The van der Waals surface area contributed by atoms with Crippen LogP contribution in [-0.4, -0.2) is 12.1 Å². The maximum atomic E-state index is 12.0. The fraction of sp³-hybridized carbons (Fsp3) is 0.125. The number of rotatable bonds is 3. The van der Waals surface area contributed by atoms with Crippen molar-refractivity contribution >= 4 is 23.1 Å². The Labute approximate surface area is 121 Å². The fourth-order valence-electron chi connectivity index (χ4n) is 2.09. The van der Waals surface area contributed by atoms with Gasteiger partial charge < -0.3 is 8.83 Å². The van der Waals surface area contributed by atoms with Gasteiger partial charge in [-0.1, -0.05) is 18.2 Å². The Morgan fingerprint density at radius 3 is 2.71 bits per heavy atom. The number of fused-ring (bicyclic) bond motifs is 1. The minimum atomic E-state index is -0.389. The first-order chi connectivity index (χ1) is 10.1. The standard InChI is InChI=1S/C16H14N2O3/c1-10-7-13(11(2)20-10)9-17-18-16(19)15-8-12-5-3-4-6-14(12)21-15/h3-9H,1-2H3,(H,18,19). The topological polar surface area (TPSA) is 67.7 Å². The first kappa shape index (κ1) is 13.2. The fourth-order valence-corrected chi connectivity index (χ4v) is 2.09. The van der Waals surface area contributed by atoms with Crippen molar-refractivity contribution in [3.8, 4) is 0 Å². The summed E-state index contributed by atoms with van der Waals surface area (Å²) in [6.45, 7) is 3.70. The van der Waals surface area contributed by atoms with Crippen molar-refractivity contribution < 1.29 is 13.6 Å². The van der Waals surface area contributed by atoms with Crippen molar-refractivity contribution in [2.45, 2.75) is 13.8 Å². The van der Waals surface area contributed by atoms with Crippen molar-refractivity contribution in [3.05, 3.63) is 59.2 Å². The highest BCUT2D eigenvalue weighted by Gasteiger charge is 2.11. The number of hydrogen-bond acceptors (Lipinski definition) is 4. The molecule has 0 saturated carbocycles. The maximum Gasteiger partial charge on any atom is 0.307 e. The van der Waals surface area contributed by atoms with Crippen LogP contribution in [0.15, 0.2) is 50.3 Å². The molecule has 0 bridgehead atoms. The van der Waals surface area contributed by atoms with Crippen LogP contribution in [0.25, 0.3) is 11.0 Å². The summed E-state index contributed by atoms with van der Waals surface area (Å²) in [5.41, 5.74) is 3.94. The second-order valence-corrected chi connectivity index (χ2v) is 4.72. The minimum Gasteiger partial charge on any atom is -0.466 e. The molecular weight excluding hydrogens is 268 g/mol. The summed E-state index contributed by atoms with van der Waals surface area (Å²) < 4.78 is 10.8. The third kappa shape index (κ3) is 2.72. The van der Waals surface area contributed by atoms with Gasteiger partial charge in [0.25, 0.3) is 0 Å². The van der Waals surface area contributed by atoms with Crippen LogP contribution >= 0.6 is 0 Å². The van der Waals surface area contributed by atoms with Gasteiger partial charge in [-0.2, -0.15) is 5.10 Å². The van der Waals surface area contributed by atoms with Gasteiger partial charge in [0.05, 0.1) is 6.21 Å². The quantitative estimate of drug-likeness (QED) is 0.591. The third-order valence-electron chi connectivity index (χ3n) is 3.10. The lowest BCUT2D eigenvalue weighted by molar-refractivity contribution is 0.0929. The molecule has 21 heavy (non-hydrogen) atoms. The Morgan fingerprint density at radius 1 is 1.19 bits per heavy atom. The monoisotopic (exact) mass is 282 g/mol.